The third-order valence-electron chi connectivity index (χ3n) is 3.86. The lowest BCUT2D eigenvalue weighted by Gasteiger charge is -2.18. The summed E-state index contributed by atoms with van der Waals surface area (Å²) in [4.78, 5) is 28.4. The highest BCUT2D eigenvalue weighted by Crippen LogP contribution is 2.21. The zero-order chi connectivity index (χ0) is 21.6. The van der Waals surface area contributed by atoms with Crippen molar-refractivity contribution in [2.75, 3.05) is 25.3 Å². The van der Waals surface area contributed by atoms with E-state index in [1.165, 1.54) is 25.3 Å². The predicted molar refractivity (Wildman–Crippen MR) is 102 cm³/mol. The number of halogens is 1. The number of nitrogen functional groups attached to an aromatic ring is 1. The molecule has 0 aliphatic rings. The number of amides is 2. The van der Waals surface area contributed by atoms with Gasteiger partial charge in [-0.15, -0.1) is 0 Å². The molecule has 154 valence electrons. The molecule has 6 N–H and O–H groups in total. The third kappa shape index (κ3) is 5.17. The van der Waals surface area contributed by atoms with E-state index in [-0.39, 0.29) is 28.7 Å². The first-order valence-corrected chi connectivity index (χ1v) is 8.24. The number of urea groups is 1. The van der Waals surface area contributed by atoms with E-state index < -0.39 is 30.5 Å². The number of carbonyl (C=O) groups is 2. The summed E-state index contributed by atoms with van der Waals surface area (Å²) in [6.45, 7) is -0.553. The zero-order valence-electron chi connectivity index (χ0n) is 15.7. The van der Waals surface area contributed by atoms with Crippen LogP contribution in [0.1, 0.15) is 22.9 Å². The fourth-order valence-corrected chi connectivity index (χ4v) is 2.50. The Hall–Kier alpha value is -3.73. The number of rotatable bonds is 6. The van der Waals surface area contributed by atoms with Crippen molar-refractivity contribution < 1.29 is 28.6 Å². The maximum atomic E-state index is 13.1. The van der Waals surface area contributed by atoms with Gasteiger partial charge in [0.15, 0.2) is 6.04 Å². The quantitative estimate of drug-likeness (QED) is 0.275. The van der Waals surface area contributed by atoms with E-state index in [1.807, 2.05) is 0 Å². The van der Waals surface area contributed by atoms with E-state index in [2.05, 4.69) is 20.4 Å². The molecule has 10 nitrogen and oxygen atoms in total. The Morgan fingerprint density at radius 2 is 1.93 bits per heavy atom. The van der Waals surface area contributed by atoms with Crippen LogP contribution in [0, 0.1) is 11.2 Å². The molecule has 1 aromatic heterocycles. The van der Waals surface area contributed by atoms with Crippen LogP contribution in [0.4, 0.5) is 20.7 Å². The first kappa shape index (κ1) is 21.6. The lowest BCUT2D eigenvalue weighted by molar-refractivity contribution is -0.143. The van der Waals surface area contributed by atoms with Crippen molar-refractivity contribution in [1.82, 2.24) is 10.3 Å². The van der Waals surface area contributed by atoms with Crippen LogP contribution in [0.3, 0.4) is 0 Å². The Labute approximate surface area is 165 Å². The maximum absolute atomic E-state index is 13.1. The zero-order valence-corrected chi connectivity index (χ0v) is 15.7. The first-order chi connectivity index (χ1) is 13.8. The average Bonchev–Trinajstić information content (AvgIpc) is 2.71. The van der Waals surface area contributed by atoms with Gasteiger partial charge in [-0.05, 0) is 17.7 Å². The summed E-state index contributed by atoms with van der Waals surface area (Å²) in [7, 11) is 2.42. The fraction of sp³-hybridized carbons (Fsp3) is 0.222. The highest BCUT2D eigenvalue weighted by molar-refractivity contribution is 5.99. The van der Waals surface area contributed by atoms with Gasteiger partial charge in [0.2, 0.25) is 5.90 Å². The van der Waals surface area contributed by atoms with Crippen LogP contribution >= 0.6 is 0 Å². The highest BCUT2D eigenvalue weighted by Gasteiger charge is 2.24. The number of methoxy groups -OCH3 is 2. The van der Waals surface area contributed by atoms with Gasteiger partial charge in [0, 0.05) is 11.8 Å². The molecular weight excluding hydrogens is 385 g/mol. The normalized spacial score (nSPS) is 11.3. The molecule has 0 unspecified atom stereocenters. The van der Waals surface area contributed by atoms with Gasteiger partial charge in [0.05, 0.1) is 32.1 Å². The van der Waals surface area contributed by atoms with E-state index in [4.69, 9.17) is 15.9 Å². The van der Waals surface area contributed by atoms with Crippen molar-refractivity contribution in [2.24, 2.45) is 0 Å². The minimum atomic E-state index is -1.20. The van der Waals surface area contributed by atoms with E-state index in [0.29, 0.717) is 5.56 Å². The van der Waals surface area contributed by atoms with Gasteiger partial charge in [-0.25, -0.2) is 19.0 Å². The summed E-state index contributed by atoms with van der Waals surface area (Å²) in [5, 5.41) is 22.0. The number of carbonyl (C=O) groups excluding carboxylic acids is 2. The number of aliphatic hydroxyl groups is 1. The summed E-state index contributed by atoms with van der Waals surface area (Å²) in [5.74, 6) is -1.59. The highest BCUT2D eigenvalue weighted by atomic mass is 19.1. The molecular formula is C18H20FN5O5. The number of anilines is 2. The molecule has 0 aliphatic carbocycles. The van der Waals surface area contributed by atoms with Gasteiger partial charge >= 0.3 is 12.0 Å². The van der Waals surface area contributed by atoms with Crippen LogP contribution in [-0.4, -0.2) is 42.2 Å². The molecule has 29 heavy (non-hydrogen) atoms. The van der Waals surface area contributed by atoms with E-state index in [9.17, 15) is 19.1 Å². The second-order valence-corrected chi connectivity index (χ2v) is 5.72. The van der Waals surface area contributed by atoms with Crippen molar-refractivity contribution in [3.63, 3.8) is 0 Å². The SMILES string of the molecule is COC(=N)c1c(N)cc(NC(=O)N[C@H](C(=O)OC)c2ccc(F)cc2)nc1CO. The molecule has 1 heterocycles. The number of nitrogens with two attached hydrogens (primary N) is 1. The molecule has 1 aromatic carbocycles. The van der Waals surface area contributed by atoms with Crippen LogP contribution in [0.25, 0.3) is 0 Å². The van der Waals surface area contributed by atoms with Crippen molar-refractivity contribution in [1.29, 1.82) is 5.41 Å². The first-order valence-electron chi connectivity index (χ1n) is 8.24. The van der Waals surface area contributed by atoms with Gasteiger partial charge in [0.1, 0.15) is 11.6 Å². The summed E-state index contributed by atoms with van der Waals surface area (Å²) in [6.07, 6.45) is 0. The monoisotopic (exact) mass is 405 g/mol. The number of ether oxygens (including phenoxy) is 2. The molecule has 0 bridgehead atoms. The van der Waals surface area contributed by atoms with Crippen molar-refractivity contribution >= 4 is 29.4 Å². The largest absolute Gasteiger partial charge is 0.481 e. The predicted octanol–water partition coefficient (Wildman–Crippen LogP) is 1.30. The number of aliphatic hydroxyl groups excluding tert-OH is 1. The van der Waals surface area contributed by atoms with Crippen molar-refractivity contribution in [2.45, 2.75) is 12.6 Å². The number of esters is 1. The van der Waals surface area contributed by atoms with E-state index >= 15 is 0 Å². The van der Waals surface area contributed by atoms with Gasteiger partial charge in [-0.1, -0.05) is 12.1 Å². The molecule has 2 rings (SSSR count). The van der Waals surface area contributed by atoms with Crippen LogP contribution in [0.5, 0.6) is 0 Å². The molecule has 0 spiro atoms. The van der Waals surface area contributed by atoms with Gasteiger partial charge < -0.3 is 25.6 Å². The maximum Gasteiger partial charge on any atom is 0.333 e. The van der Waals surface area contributed by atoms with Gasteiger partial charge in [-0.3, -0.25) is 10.7 Å². The Balaban J connectivity index is 2.23. The molecule has 2 aromatic rings. The van der Waals surface area contributed by atoms with Gasteiger partial charge in [0.25, 0.3) is 0 Å². The molecule has 0 radical (unpaired) electrons. The van der Waals surface area contributed by atoms with Crippen LogP contribution in [0.15, 0.2) is 30.3 Å². The smallest absolute Gasteiger partial charge is 0.333 e. The lowest BCUT2D eigenvalue weighted by Crippen LogP contribution is -2.37. The molecule has 0 saturated heterocycles. The summed E-state index contributed by atoms with van der Waals surface area (Å²) < 4.78 is 22.6. The third-order valence-corrected chi connectivity index (χ3v) is 3.86. The van der Waals surface area contributed by atoms with E-state index in [0.717, 1.165) is 19.2 Å². The number of nitrogens with one attached hydrogen (secondary N) is 3. The molecule has 0 aliphatic heterocycles. The fourth-order valence-electron chi connectivity index (χ4n) is 2.50. The van der Waals surface area contributed by atoms with Crippen molar-refractivity contribution in [3.8, 4) is 0 Å². The number of hydrogen-bond acceptors (Lipinski definition) is 8. The summed E-state index contributed by atoms with van der Waals surface area (Å²) >= 11 is 0. The Morgan fingerprint density at radius 1 is 1.28 bits per heavy atom. The topological polar surface area (TPSA) is 160 Å². The van der Waals surface area contributed by atoms with E-state index in [1.54, 1.807) is 0 Å². The average molecular weight is 405 g/mol. The molecule has 2 amide bonds. The standard InChI is InChI=1S/C18H20FN5O5/c1-28-16(21)14-11(20)7-13(22-12(14)8-25)23-18(27)24-15(17(26)29-2)9-3-5-10(19)6-4-9/h3-7,15,21,25H,8H2,1-2H3,(H4,20,22,23,24,27)/t15-/m0/s1. The molecule has 0 saturated carbocycles. The molecule has 1 atom stereocenters. The summed E-state index contributed by atoms with van der Waals surface area (Å²) in [6, 6.07) is 4.21. The van der Waals surface area contributed by atoms with Gasteiger partial charge in [-0.2, -0.15) is 0 Å². The number of benzene rings is 1. The van der Waals surface area contributed by atoms with Crippen LogP contribution in [0.2, 0.25) is 0 Å². The van der Waals surface area contributed by atoms with Crippen molar-refractivity contribution in [3.05, 3.63) is 53.0 Å². The summed E-state index contributed by atoms with van der Waals surface area (Å²) in [5.41, 5.74) is 6.35. The Bertz CT molecular complexity index is 920. The Kier molecular flexibility index (Phi) is 7.04. The Morgan fingerprint density at radius 3 is 2.48 bits per heavy atom. The molecule has 11 heteroatoms. The van der Waals surface area contributed by atoms with Crippen LogP contribution in [-0.2, 0) is 20.9 Å². The second-order valence-electron chi connectivity index (χ2n) is 5.72. The van der Waals surface area contributed by atoms with Crippen LogP contribution < -0.4 is 16.4 Å². The lowest BCUT2D eigenvalue weighted by atomic mass is 10.1. The number of hydrogen-bond donors (Lipinski definition) is 5. The second kappa shape index (κ2) is 9.46. The number of nitrogens with zero attached hydrogens (tertiary/aromatic N) is 1. The minimum absolute atomic E-state index is 0.0233. The number of pyridine rings is 1. The number of aromatic nitrogens is 1. The minimum Gasteiger partial charge on any atom is -0.481 e. The molecule has 0 fully saturated rings.